The van der Waals surface area contributed by atoms with E-state index >= 15 is 0 Å². The van der Waals surface area contributed by atoms with Gasteiger partial charge in [-0.1, -0.05) is 26.2 Å². The molecule has 0 aromatic rings. The Hall–Kier alpha value is -0.820. The van der Waals surface area contributed by atoms with Crippen molar-refractivity contribution < 1.29 is 18.0 Å². The highest BCUT2D eigenvalue weighted by Crippen LogP contribution is 2.39. The zero-order chi connectivity index (χ0) is 18.5. The largest absolute Gasteiger partial charge is 0.401 e. The molecule has 1 saturated carbocycles. The molecule has 0 radical (unpaired) electrons. The lowest BCUT2D eigenvalue weighted by molar-refractivity contribution is -0.147. The van der Waals surface area contributed by atoms with Gasteiger partial charge >= 0.3 is 6.18 Å². The van der Waals surface area contributed by atoms with Crippen LogP contribution in [-0.4, -0.2) is 61.2 Å². The first-order valence-electron chi connectivity index (χ1n) is 9.54. The third kappa shape index (κ3) is 6.13. The van der Waals surface area contributed by atoms with Crippen molar-refractivity contribution in [3.8, 4) is 0 Å². The number of halogens is 3. The normalized spacial score (nSPS) is 24.1. The smallest absolute Gasteiger partial charge is 0.342 e. The predicted octanol–water partition coefficient (Wildman–Crippen LogP) is 3.02. The second-order valence-electron chi connectivity index (χ2n) is 7.88. The van der Waals surface area contributed by atoms with Crippen LogP contribution in [0.4, 0.5) is 13.2 Å². The average molecular weight is 363 g/mol. The van der Waals surface area contributed by atoms with Crippen molar-refractivity contribution in [2.24, 2.45) is 17.1 Å². The SMILES string of the molecule is CCN(CC1CCN(C(=O)CC2(CN)CCCCC2)C1)CC(F)(F)F. The Bertz CT molecular complexity index is 436. The van der Waals surface area contributed by atoms with Gasteiger partial charge < -0.3 is 10.6 Å². The van der Waals surface area contributed by atoms with Gasteiger partial charge in [-0.3, -0.25) is 9.69 Å². The molecule has 2 aliphatic rings. The molecule has 1 unspecified atom stereocenters. The summed E-state index contributed by atoms with van der Waals surface area (Å²) in [7, 11) is 0. The van der Waals surface area contributed by atoms with Crippen LogP contribution < -0.4 is 5.73 Å². The number of nitrogens with two attached hydrogens (primary N) is 1. The lowest BCUT2D eigenvalue weighted by Gasteiger charge is -2.36. The molecule has 25 heavy (non-hydrogen) atoms. The number of rotatable bonds is 7. The molecule has 1 atom stereocenters. The Morgan fingerprint density at radius 3 is 2.52 bits per heavy atom. The van der Waals surface area contributed by atoms with Gasteiger partial charge in [0.1, 0.15) is 0 Å². The summed E-state index contributed by atoms with van der Waals surface area (Å²) in [5.74, 6) is 0.264. The Balaban J connectivity index is 1.83. The summed E-state index contributed by atoms with van der Waals surface area (Å²) in [6, 6.07) is 0. The lowest BCUT2D eigenvalue weighted by Crippen LogP contribution is -2.41. The van der Waals surface area contributed by atoms with Gasteiger partial charge in [-0.2, -0.15) is 13.2 Å². The molecular formula is C18H32F3N3O. The highest BCUT2D eigenvalue weighted by molar-refractivity contribution is 5.77. The number of hydrogen-bond acceptors (Lipinski definition) is 3. The number of likely N-dealkylation sites (tertiary alicyclic amines) is 1. The van der Waals surface area contributed by atoms with Gasteiger partial charge in [0.15, 0.2) is 0 Å². The van der Waals surface area contributed by atoms with Crippen molar-refractivity contribution in [3.63, 3.8) is 0 Å². The second-order valence-corrected chi connectivity index (χ2v) is 7.88. The van der Waals surface area contributed by atoms with Gasteiger partial charge in [-0.05, 0) is 43.7 Å². The fraction of sp³-hybridized carbons (Fsp3) is 0.944. The van der Waals surface area contributed by atoms with Crippen LogP contribution in [0, 0.1) is 11.3 Å². The molecule has 146 valence electrons. The van der Waals surface area contributed by atoms with Crippen LogP contribution >= 0.6 is 0 Å². The zero-order valence-electron chi connectivity index (χ0n) is 15.3. The number of hydrogen-bond donors (Lipinski definition) is 1. The molecule has 1 saturated heterocycles. The lowest BCUT2D eigenvalue weighted by atomic mass is 9.71. The van der Waals surface area contributed by atoms with Crippen molar-refractivity contribution in [1.29, 1.82) is 0 Å². The van der Waals surface area contributed by atoms with Crippen molar-refractivity contribution in [2.75, 3.05) is 39.3 Å². The van der Waals surface area contributed by atoms with E-state index in [4.69, 9.17) is 5.73 Å². The quantitative estimate of drug-likeness (QED) is 0.756. The second kappa shape index (κ2) is 8.71. The number of alkyl halides is 3. The molecule has 2 N–H and O–H groups in total. The number of carbonyl (C=O) groups is 1. The summed E-state index contributed by atoms with van der Waals surface area (Å²) in [5, 5.41) is 0. The van der Waals surface area contributed by atoms with E-state index in [-0.39, 0.29) is 17.2 Å². The highest BCUT2D eigenvalue weighted by atomic mass is 19.4. The molecule has 1 heterocycles. The average Bonchev–Trinajstić information content (AvgIpc) is 3.02. The number of nitrogens with zero attached hydrogens (tertiary/aromatic N) is 2. The standard InChI is InChI=1S/C18H32F3N3O/c1-2-23(14-18(19,20)21)11-15-6-9-24(12-15)16(25)10-17(13-22)7-4-3-5-8-17/h15H,2-14,22H2,1H3. The summed E-state index contributed by atoms with van der Waals surface area (Å²) >= 11 is 0. The third-order valence-electron chi connectivity index (χ3n) is 5.88. The molecule has 1 aliphatic heterocycles. The van der Waals surface area contributed by atoms with Gasteiger partial charge in [0.25, 0.3) is 0 Å². The maximum atomic E-state index is 12.7. The van der Waals surface area contributed by atoms with Gasteiger partial charge in [-0.25, -0.2) is 0 Å². The van der Waals surface area contributed by atoms with Gasteiger partial charge in [0.2, 0.25) is 5.91 Å². The Morgan fingerprint density at radius 1 is 1.28 bits per heavy atom. The maximum Gasteiger partial charge on any atom is 0.401 e. The minimum atomic E-state index is -4.17. The van der Waals surface area contributed by atoms with Crippen molar-refractivity contribution in [3.05, 3.63) is 0 Å². The van der Waals surface area contributed by atoms with Crippen molar-refractivity contribution in [2.45, 2.75) is 58.0 Å². The molecular weight excluding hydrogens is 331 g/mol. The molecule has 0 aromatic carbocycles. The Labute approximate surface area is 148 Å². The fourth-order valence-electron chi connectivity index (χ4n) is 4.32. The van der Waals surface area contributed by atoms with E-state index in [1.54, 1.807) is 6.92 Å². The molecule has 2 fully saturated rings. The van der Waals surface area contributed by atoms with E-state index in [1.807, 2.05) is 4.90 Å². The molecule has 1 amide bonds. The van der Waals surface area contributed by atoms with Gasteiger partial charge in [0, 0.05) is 26.1 Å². The molecule has 0 bridgehead atoms. The minimum absolute atomic E-state index is 0.0564. The van der Waals surface area contributed by atoms with Crippen molar-refractivity contribution in [1.82, 2.24) is 9.80 Å². The Kier molecular flexibility index (Phi) is 7.14. The Morgan fingerprint density at radius 2 is 1.96 bits per heavy atom. The summed E-state index contributed by atoms with van der Waals surface area (Å²) in [6.07, 6.45) is 2.63. The fourth-order valence-corrected chi connectivity index (χ4v) is 4.32. The first-order valence-corrected chi connectivity index (χ1v) is 9.54. The van der Waals surface area contributed by atoms with Crippen LogP contribution in [0.5, 0.6) is 0 Å². The van der Waals surface area contributed by atoms with Crippen LogP contribution in [0.2, 0.25) is 0 Å². The molecule has 1 aliphatic carbocycles. The van der Waals surface area contributed by atoms with E-state index in [1.165, 1.54) is 11.3 Å². The van der Waals surface area contributed by atoms with Crippen LogP contribution in [0.1, 0.15) is 51.9 Å². The van der Waals surface area contributed by atoms with E-state index in [0.29, 0.717) is 39.1 Å². The van der Waals surface area contributed by atoms with E-state index in [9.17, 15) is 18.0 Å². The van der Waals surface area contributed by atoms with Gasteiger partial charge in [0.05, 0.1) is 6.54 Å². The summed E-state index contributed by atoms with van der Waals surface area (Å²) < 4.78 is 37.8. The van der Waals surface area contributed by atoms with E-state index in [2.05, 4.69) is 0 Å². The van der Waals surface area contributed by atoms with Crippen LogP contribution in [0.25, 0.3) is 0 Å². The molecule has 0 spiro atoms. The summed E-state index contributed by atoms with van der Waals surface area (Å²) in [4.78, 5) is 16.0. The first kappa shape index (κ1) is 20.5. The predicted molar refractivity (Wildman–Crippen MR) is 92.0 cm³/mol. The van der Waals surface area contributed by atoms with Gasteiger partial charge in [-0.15, -0.1) is 0 Å². The number of carbonyl (C=O) groups excluding carboxylic acids is 1. The van der Waals surface area contributed by atoms with Crippen LogP contribution in [0.3, 0.4) is 0 Å². The number of amides is 1. The van der Waals surface area contributed by atoms with E-state index < -0.39 is 12.7 Å². The monoisotopic (exact) mass is 363 g/mol. The third-order valence-corrected chi connectivity index (χ3v) is 5.88. The van der Waals surface area contributed by atoms with Crippen LogP contribution in [0.15, 0.2) is 0 Å². The topological polar surface area (TPSA) is 49.6 Å². The summed E-state index contributed by atoms with van der Waals surface area (Å²) in [5.41, 5.74) is 5.91. The first-order chi connectivity index (χ1) is 11.8. The van der Waals surface area contributed by atoms with E-state index in [0.717, 1.165) is 32.1 Å². The minimum Gasteiger partial charge on any atom is -0.342 e. The molecule has 7 heteroatoms. The maximum absolute atomic E-state index is 12.7. The zero-order valence-corrected chi connectivity index (χ0v) is 15.3. The van der Waals surface area contributed by atoms with Crippen molar-refractivity contribution >= 4 is 5.91 Å². The van der Waals surface area contributed by atoms with Crippen LogP contribution in [-0.2, 0) is 4.79 Å². The molecule has 2 rings (SSSR count). The molecule has 0 aromatic heterocycles. The highest BCUT2D eigenvalue weighted by Gasteiger charge is 2.37. The summed E-state index contributed by atoms with van der Waals surface area (Å²) in [6.45, 7) is 3.44. The molecule has 4 nitrogen and oxygen atoms in total.